The molecule has 0 radical (unpaired) electrons. The molecule has 0 heterocycles. The van der Waals surface area contributed by atoms with E-state index in [1.54, 1.807) is 23.1 Å². The largest absolute Gasteiger partial charge is 0.504 e. The van der Waals surface area contributed by atoms with E-state index in [2.05, 4.69) is 5.32 Å². The molecule has 1 amide bonds. The lowest BCUT2D eigenvalue weighted by Gasteiger charge is -2.21. The minimum atomic E-state index is -0.185. The molecule has 148 valence electrons. The summed E-state index contributed by atoms with van der Waals surface area (Å²) in [6.07, 6.45) is 6.77. The van der Waals surface area contributed by atoms with Crippen molar-refractivity contribution in [3.63, 3.8) is 0 Å². The Balaban J connectivity index is 2.34. The molecule has 0 bridgehead atoms. The van der Waals surface area contributed by atoms with Crippen molar-refractivity contribution in [1.29, 1.82) is 5.41 Å². The van der Waals surface area contributed by atoms with Crippen LogP contribution in [0.2, 0.25) is 0 Å². The second-order valence-electron chi connectivity index (χ2n) is 6.38. The van der Waals surface area contributed by atoms with Gasteiger partial charge in [-0.1, -0.05) is 17.7 Å². The summed E-state index contributed by atoms with van der Waals surface area (Å²) in [6, 6.07) is 4.87. The number of nitrogens with two attached hydrogens (primary N) is 1. The molecule has 0 aromatic heterocycles. The molecular weight excluding hydrogens is 344 g/mol. The van der Waals surface area contributed by atoms with Crippen molar-refractivity contribution in [3.8, 4) is 11.5 Å². The summed E-state index contributed by atoms with van der Waals surface area (Å²) in [5, 5.41) is 20.0. The van der Waals surface area contributed by atoms with Crippen molar-refractivity contribution in [1.82, 2.24) is 10.2 Å². The van der Waals surface area contributed by atoms with Crippen molar-refractivity contribution in [2.75, 3.05) is 26.7 Å². The fourth-order valence-electron chi connectivity index (χ4n) is 2.27. The number of nitrogens with zero attached hydrogens (tertiary/aromatic N) is 1. The van der Waals surface area contributed by atoms with Crippen LogP contribution >= 0.6 is 0 Å². The highest BCUT2D eigenvalue weighted by Gasteiger charge is 2.05. The van der Waals surface area contributed by atoms with Gasteiger partial charge in [-0.3, -0.25) is 10.2 Å². The number of carbonyl (C=O) groups excluding carboxylic acids is 1. The van der Waals surface area contributed by atoms with Gasteiger partial charge in [0.25, 0.3) is 0 Å². The Bertz CT molecular complexity index is 694. The number of ether oxygens (including phenoxy) is 1. The molecule has 7 heteroatoms. The number of methoxy groups -OCH3 is 1. The predicted molar refractivity (Wildman–Crippen MR) is 109 cm³/mol. The monoisotopic (exact) mass is 374 g/mol. The van der Waals surface area contributed by atoms with E-state index in [9.17, 15) is 9.90 Å². The van der Waals surface area contributed by atoms with E-state index < -0.39 is 0 Å². The minimum Gasteiger partial charge on any atom is -0.504 e. The topological polar surface area (TPSA) is 112 Å². The van der Waals surface area contributed by atoms with Crippen LogP contribution in [0, 0.1) is 5.41 Å². The summed E-state index contributed by atoms with van der Waals surface area (Å²) in [4.78, 5) is 13.7. The second-order valence-corrected chi connectivity index (χ2v) is 6.38. The van der Waals surface area contributed by atoms with Gasteiger partial charge in [-0.2, -0.15) is 0 Å². The number of hydrogen-bond acceptors (Lipinski definition) is 4. The molecule has 0 saturated carbocycles. The molecule has 7 nitrogen and oxygen atoms in total. The summed E-state index contributed by atoms with van der Waals surface area (Å²) >= 11 is 0. The number of hydrogen-bond donors (Lipinski definition) is 4. The highest BCUT2D eigenvalue weighted by atomic mass is 16.5. The molecule has 0 unspecified atom stereocenters. The van der Waals surface area contributed by atoms with Gasteiger partial charge in [-0.25, -0.2) is 0 Å². The molecule has 0 aliphatic heterocycles. The molecule has 1 aromatic rings. The first-order chi connectivity index (χ1) is 12.8. The van der Waals surface area contributed by atoms with Crippen LogP contribution in [0.3, 0.4) is 0 Å². The molecule has 1 rings (SSSR count). The zero-order chi connectivity index (χ0) is 20.2. The average Bonchev–Trinajstić information content (AvgIpc) is 2.62. The molecule has 0 aliphatic rings. The quantitative estimate of drug-likeness (QED) is 0.165. The van der Waals surface area contributed by atoms with Gasteiger partial charge in [0, 0.05) is 25.7 Å². The van der Waals surface area contributed by atoms with E-state index in [0.29, 0.717) is 25.4 Å². The molecule has 5 N–H and O–H groups in total. The third-order valence-corrected chi connectivity index (χ3v) is 3.85. The number of guanidine groups is 1. The number of aromatic hydroxyl groups is 1. The van der Waals surface area contributed by atoms with Crippen LogP contribution < -0.4 is 15.8 Å². The maximum atomic E-state index is 11.9. The summed E-state index contributed by atoms with van der Waals surface area (Å²) in [6.45, 7) is 5.88. The number of benzene rings is 1. The van der Waals surface area contributed by atoms with Gasteiger partial charge in [-0.15, -0.1) is 0 Å². The Morgan fingerprint density at radius 3 is 2.74 bits per heavy atom. The third kappa shape index (κ3) is 8.80. The summed E-state index contributed by atoms with van der Waals surface area (Å²) < 4.78 is 5.03. The van der Waals surface area contributed by atoms with Crippen LogP contribution in [-0.2, 0) is 4.79 Å². The van der Waals surface area contributed by atoms with E-state index in [1.807, 2.05) is 19.9 Å². The van der Waals surface area contributed by atoms with Gasteiger partial charge in [0.05, 0.1) is 7.11 Å². The van der Waals surface area contributed by atoms with E-state index in [4.69, 9.17) is 15.9 Å². The molecular formula is C20H30N4O3. The number of nitrogens with one attached hydrogen (secondary N) is 2. The van der Waals surface area contributed by atoms with Gasteiger partial charge in [0.2, 0.25) is 5.91 Å². The molecule has 0 fully saturated rings. The fraction of sp³-hybridized carbons (Fsp3) is 0.400. The Morgan fingerprint density at radius 1 is 1.37 bits per heavy atom. The van der Waals surface area contributed by atoms with Crippen LogP contribution in [0.4, 0.5) is 0 Å². The number of unbranched alkanes of at least 4 members (excludes halogenated alkanes) is 1. The smallest absolute Gasteiger partial charge is 0.243 e. The van der Waals surface area contributed by atoms with Gasteiger partial charge in [-0.05, 0) is 50.5 Å². The molecule has 27 heavy (non-hydrogen) atoms. The van der Waals surface area contributed by atoms with Crippen molar-refractivity contribution in [3.05, 3.63) is 41.5 Å². The fourth-order valence-corrected chi connectivity index (χ4v) is 2.27. The SMILES string of the molecule is COc1cc(/C=C/C(=O)NCCCCN(CC=C(C)C)C(=N)N)ccc1O. The molecule has 0 atom stereocenters. The maximum Gasteiger partial charge on any atom is 0.243 e. The van der Waals surface area contributed by atoms with Crippen LogP contribution in [0.1, 0.15) is 32.3 Å². The van der Waals surface area contributed by atoms with E-state index in [1.165, 1.54) is 24.8 Å². The van der Waals surface area contributed by atoms with Crippen LogP contribution in [0.5, 0.6) is 11.5 Å². The number of phenolic OH excluding ortho intramolecular Hbond substituents is 1. The lowest BCUT2D eigenvalue weighted by Crippen LogP contribution is -2.37. The summed E-state index contributed by atoms with van der Waals surface area (Å²) in [5.41, 5.74) is 7.53. The second kappa shape index (κ2) is 11.6. The Hall–Kier alpha value is -2.96. The lowest BCUT2D eigenvalue weighted by atomic mass is 10.2. The summed E-state index contributed by atoms with van der Waals surface area (Å²) in [7, 11) is 1.47. The van der Waals surface area contributed by atoms with Crippen molar-refractivity contribution >= 4 is 17.9 Å². The van der Waals surface area contributed by atoms with Gasteiger partial charge in [0.15, 0.2) is 17.5 Å². The zero-order valence-electron chi connectivity index (χ0n) is 16.3. The van der Waals surface area contributed by atoms with Gasteiger partial charge < -0.3 is 25.8 Å². The zero-order valence-corrected chi connectivity index (χ0v) is 16.3. The maximum absolute atomic E-state index is 11.9. The highest BCUT2D eigenvalue weighted by molar-refractivity contribution is 5.91. The standard InChI is InChI=1S/C20H30N4O3/c1-15(2)10-13-24(20(21)22)12-5-4-11-23-19(26)9-7-16-6-8-17(25)18(14-16)27-3/h6-10,14,25H,4-5,11-13H2,1-3H3,(H3,21,22)(H,23,26)/b9-7+. The van der Waals surface area contributed by atoms with Crippen LogP contribution in [0.15, 0.2) is 35.9 Å². The first kappa shape index (κ1) is 22.1. The predicted octanol–water partition coefficient (Wildman–Crippen LogP) is 2.47. The minimum absolute atomic E-state index is 0.0586. The Labute approximate surface area is 161 Å². The number of phenols is 1. The highest BCUT2D eigenvalue weighted by Crippen LogP contribution is 2.26. The number of amides is 1. The number of rotatable bonds is 10. The third-order valence-electron chi connectivity index (χ3n) is 3.85. The van der Waals surface area contributed by atoms with Crippen molar-refractivity contribution in [2.45, 2.75) is 26.7 Å². The lowest BCUT2D eigenvalue weighted by molar-refractivity contribution is -0.116. The van der Waals surface area contributed by atoms with Crippen LogP contribution in [-0.4, -0.2) is 48.6 Å². The Kier molecular flexibility index (Phi) is 9.50. The normalized spacial score (nSPS) is 10.5. The number of carbonyl (C=O) groups is 1. The first-order valence-corrected chi connectivity index (χ1v) is 8.88. The van der Waals surface area contributed by atoms with Crippen LogP contribution in [0.25, 0.3) is 6.08 Å². The molecule has 0 spiro atoms. The Morgan fingerprint density at radius 2 is 2.11 bits per heavy atom. The first-order valence-electron chi connectivity index (χ1n) is 8.88. The van der Waals surface area contributed by atoms with E-state index >= 15 is 0 Å². The summed E-state index contributed by atoms with van der Waals surface area (Å²) in [5.74, 6) is 0.294. The van der Waals surface area contributed by atoms with E-state index in [-0.39, 0.29) is 17.6 Å². The van der Waals surface area contributed by atoms with Crippen molar-refractivity contribution < 1.29 is 14.6 Å². The average molecular weight is 374 g/mol. The molecule has 0 aliphatic carbocycles. The number of allylic oxidation sites excluding steroid dienone is 1. The van der Waals surface area contributed by atoms with Gasteiger partial charge in [0.1, 0.15) is 0 Å². The van der Waals surface area contributed by atoms with E-state index in [0.717, 1.165) is 18.4 Å². The van der Waals surface area contributed by atoms with Gasteiger partial charge >= 0.3 is 0 Å². The molecule has 0 saturated heterocycles. The van der Waals surface area contributed by atoms with Crippen molar-refractivity contribution in [2.24, 2.45) is 5.73 Å². The molecule has 1 aromatic carbocycles.